The maximum Gasteiger partial charge on any atom is 0.252 e. The number of carbonyl (C=O) groups excluding carboxylic acids is 1. The molecule has 152 valence electrons. The highest BCUT2D eigenvalue weighted by atomic mass is 16.5. The number of rotatable bonds is 3. The lowest BCUT2D eigenvalue weighted by atomic mass is 9.93. The van der Waals surface area contributed by atoms with Gasteiger partial charge >= 0.3 is 0 Å². The number of likely N-dealkylation sites (tertiary alicyclic amines) is 1. The van der Waals surface area contributed by atoms with Gasteiger partial charge in [0.05, 0.1) is 6.61 Å². The summed E-state index contributed by atoms with van der Waals surface area (Å²) < 4.78 is 5.87. The van der Waals surface area contributed by atoms with E-state index < -0.39 is 0 Å². The number of ether oxygens (including phenoxy) is 1. The van der Waals surface area contributed by atoms with Crippen LogP contribution in [0.2, 0.25) is 0 Å². The Morgan fingerprint density at radius 2 is 1.50 bits per heavy atom. The molecule has 1 saturated carbocycles. The standard InChI is InChI=1S/C23H33N3O2/c27-23(22-14-18-6-4-5-7-19(18)17-28-22)26-15-21(16-26)25-12-10-24(11-13-25)20-8-2-1-3-9-20/h4-7,20-22H,1-3,8-17H2. The molecular formula is C23H33N3O2. The Morgan fingerprint density at radius 3 is 2.21 bits per heavy atom. The summed E-state index contributed by atoms with van der Waals surface area (Å²) in [6.07, 6.45) is 7.48. The van der Waals surface area contributed by atoms with Crippen LogP contribution in [0.25, 0.3) is 0 Å². The average molecular weight is 384 g/mol. The Balaban J connectivity index is 1.08. The van der Waals surface area contributed by atoms with E-state index in [1.807, 2.05) is 11.0 Å². The fourth-order valence-corrected chi connectivity index (χ4v) is 5.49. The Morgan fingerprint density at radius 1 is 0.857 bits per heavy atom. The lowest BCUT2D eigenvalue weighted by molar-refractivity contribution is -0.153. The van der Waals surface area contributed by atoms with E-state index in [0.29, 0.717) is 12.6 Å². The van der Waals surface area contributed by atoms with Crippen molar-refractivity contribution in [1.29, 1.82) is 0 Å². The van der Waals surface area contributed by atoms with Gasteiger partial charge in [-0.25, -0.2) is 0 Å². The van der Waals surface area contributed by atoms with Crippen molar-refractivity contribution in [3.63, 3.8) is 0 Å². The topological polar surface area (TPSA) is 36.0 Å². The van der Waals surface area contributed by atoms with Crippen molar-refractivity contribution < 1.29 is 9.53 Å². The van der Waals surface area contributed by atoms with Gasteiger partial charge in [0.15, 0.2) is 0 Å². The molecule has 1 aromatic rings. The summed E-state index contributed by atoms with van der Waals surface area (Å²) >= 11 is 0. The summed E-state index contributed by atoms with van der Waals surface area (Å²) in [5, 5.41) is 0. The third-order valence-electron chi connectivity index (χ3n) is 7.37. The van der Waals surface area contributed by atoms with E-state index >= 15 is 0 Å². The second kappa shape index (κ2) is 8.13. The number of hydrogen-bond donors (Lipinski definition) is 0. The molecular weight excluding hydrogens is 350 g/mol. The first kappa shape index (κ1) is 18.6. The molecule has 0 spiro atoms. The van der Waals surface area contributed by atoms with Gasteiger partial charge in [-0.1, -0.05) is 43.5 Å². The highest BCUT2D eigenvalue weighted by Crippen LogP contribution is 2.27. The predicted octanol–water partition coefficient (Wildman–Crippen LogP) is 2.29. The number of nitrogens with zero attached hydrogens (tertiary/aromatic N) is 3. The zero-order valence-corrected chi connectivity index (χ0v) is 16.9. The van der Waals surface area contributed by atoms with Crippen LogP contribution in [0.1, 0.15) is 43.2 Å². The molecule has 0 N–H and O–H groups in total. The lowest BCUT2D eigenvalue weighted by Gasteiger charge is -2.50. The highest BCUT2D eigenvalue weighted by Gasteiger charge is 2.40. The molecule has 1 amide bonds. The maximum atomic E-state index is 12.9. The molecule has 0 bridgehead atoms. The molecule has 0 aromatic heterocycles. The minimum absolute atomic E-state index is 0.187. The third-order valence-corrected chi connectivity index (χ3v) is 7.37. The van der Waals surface area contributed by atoms with Crippen molar-refractivity contribution in [1.82, 2.24) is 14.7 Å². The molecule has 3 heterocycles. The first-order chi connectivity index (χ1) is 13.8. The summed E-state index contributed by atoms with van der Waals surface area (Å²) in [5.41, 5.74) is 2.49. The summed E-state index contributed by atoms with van der Waals surface area (Å²) in [5.74, 6) is 0.187. The van der Waals surface area contributed by atoms with Crippen molar-refractivity contribution in [2.75, 3.05) is 39.3 Å². The quantitative estimate of drug-likeness (QED) is 0.802. The average Bonchev–Trinajstić information content (AvgIpc) is 2.73. The Labute approximate surface area is 168 Å². The van der Waals surface area contributed by atoms with Gasteiger partial charge in [0.2, 0.25) is 0 Å². The van der Waals surface area contributed by atoms with Crippen LogP contribution in [-0.4, -0.2) is 78.1 Å². The zero-order valence-electron chi connectivity index (χ0n) is 16.9. The van der Waals surface area contributed by atoms with E-state index in [1.165, 1.54) is 56.3 Å². The van der Waals surface area contributed by atoms with Crippen LogP contribution in [-0.2, 0) is 22.6 Å². The summed E-state index contributed by atoms with van der Waals surface area (Å²) in [6.45, 7) is 7.06. The third kappa shape index (κ3) is 3.72. The van der Waals surface area contributed by atoms with E-state index in [9.17, 15) is 4.79 Å². The number of carbonyl (C=O) groups is 1. The van der Waals surface area contributed by atoms with E-state index in [-0.39, 0.29) is 12.0 Å². The largest absolute Gasteiger partial charge is 0.363 e. The summed E-state index contributed by atoms with van der Waals surface area (Å²) in [4.78, 5) is 20.2. The predicted molar refractivity (Wildman–Crippen MR) is 109 cm³/mol. The fraction of sp³-hybridized carbons (Fsp3) is 0.696. The van der Waals surface area contributed by atoms with E-state index in [0.717, 1.165) is 38.6 Å². The Hall–Kier alpha value is -1.43. The van der Waals surface area contributed by atoms with Crippen LogP contribution >= 0.6 is 0 Å². The molecule has 28 heavy (non-hydrogen) atoms. The van der Waals surface area contributed by atoms with E-state index in [4.69, 9.17) is 4.74 Å². The van der Waals surface area contributed by atoms with Crippen molar-refractivity contribution in [3.05, 3.63) is 35.4 Å². The second-order valence-electron chi connectivity index (χ2n) is 9.03. The van der Waals surface area contributed by atoms with Crippen molar-refractivity contribution in [2.45, 2.75) is 63.3 Å². The number of amides is 1. The number of piperazine rings is 1. The van der Waals surface area contributed by atoms with Gasteiger partial charge in [0.25, 0.3) is 5.91 Å². The molecule has 1 atom stereocenters. The van der Waals surface area contributed by atoms with Crippen molar-refractivity contribution in [3.8, 4) is 0 Å². The molecule has 2 saturated heterocycles. The molecule has 1 aromatic carbocycles. The molecule has 1 unspecified atom stereocenters. The van der Waals surface area contributed by atoms with E-state index in [2.05, 4.69) is 28.0 Å². The Bertz CT molecular complexity index is 689. The van der Waals surface area contributed by atoms with Crippen LogP contribution in [0.5, 0.6) is 0 Å². The van der Waals surface area contributed by atoms with Gasteiger partial charge in [-0.2, -0.15) is 0 Å². The number of hydrogen-bond acceptors (Lipinski definition) is 4. The monoisotopic (exact) mass is 383 g/mol. The fourth-order valence-electron chi connectivity index (χ4n) is 5.49. The molecule has 5 heteroatoms. The van der Waals surface area contributed by atoms with Crippen LogP contribution < -0.4 is 0 Å². The number of fused-ring (bicyclic) bond motifs is 1. The smallest absolute Gasteiger partial charge is 0.252 e. The second-order valence-corrected chi connectivity index (χ2v) is 9.03. The van der Waals surface area contributed by atoms with Crippen LogP contribution in [0.15, 0.2) is 24.3 Å². The van der Waals surface area contributed by atoms with Gasteiger partial charge in [-0.05, 0) is 24.0 Å². The van der Waals surface area contributed by atoms with Gasteiger partial charge in [0, 0.05) is 57.8 Å². The van der Waals surface area contributed by atoms with Crippen molar-refractivity contribution >= 4 is 5.91 Å². The summed E-state index contributed by atoms with van der Waals surface area (Å²) in [7, 11) is 0. The van der Waals surface area contributed by atoms with Gasteiger partial charge in [-0.3, -0.25) is 14.6 Å². The Kier molecular flexibility index (Phi) is 5.40. The number of benzene rings is 1. The first-order valence-corrected chi connectivity index (χ1v) is 11.2. The molecule has 3 fully saturated rings. The van der Waals surface area contributed by atoms with Crippen molar-refractivity contribution in [2.24, 2.45) is 0 Å². The van der Waals surface area contributed by atoms with Crippen LogP contribution in [0.4, 0.5) is 0 Å². The lowest BCUT2D eigenvalue weighted by Crippen LogP contribution is -2.66. The molecule has 4 aliphatic rings. The van der Waals surface area contributed by atoms with Gasteiger partial charge in [-0.15, -0.1) is 0 Å². The van der Waals surface area contributed by atoms with Gasteiger partial charge in [0.1, 0.15) is 6.10 Å². The molecule has 3 aliphatic heterocycles. The SMILES string of the molecule is O=C(C1Cc2ccccc2CO1)N1CC(N2CCN(C3CCCCC3)CC2)C1. The zero-order chi connectivity index (χ0) is 18.9. The minimum atomic E-state index is -0.293. The molecule has 5 nitrogen and oxygen atoms in total. The van der Waals surface area contributed by atoms with Gasteiger partial charge < -0.3 is 9.64 Å². The highest BCUT2D eigenvalue weighted by molar-refractivity contribution is 5.82. The molecule has 5 rings (SSSR count). The molecule has 1 aliphatic carbocycles. The van der Waals surface area contributed by atoms with E-state index in [1.54, 1.807) is 0 Å². The maximum absolute atomic E-state index is 12.9. The molecule has 0 radical (unpaired) electrons. The summed E-state index contributed by atoms with van der Waals surface area (Å²) in [6, 6.07) is 9.71. The van der Waals surface area contributed by atoms with Crippen LogP contribution in [0.3, 0.4) is 0 Å². The first-order valence-electron chi connectivity index (χ1n) is 11.2. The normalized spacial score (nSPS) is 28.0. The minimum Gasteiger partial charge on any atom is -0.363 e. The van der Waals surface area contributed by atoms with Crippen LogP contribution in [0, 0.1) is 0 Å².